The summed E-state index contributed by atoms with van der Waals surface area (Å²) in [6.07, 6.45) is 0. The number of aryl methyl sites for hydroxylation is 1. The molecule has 0 aliphatic rings. The van der Waals surface area contributed by atoms with Gasteiger partial charge in [-0.1, -0.05) is 43.7 Å². The third-order valence-electron chi connectivity index (χ3n) is 2.06. The predicted molar refractivity (Wildman–Crippen MR) is 55.4 cm³/mol. The zero-order valence-corrected chi connectivity index (χ0v) is 8.70. The summed E-state index contributed by atoms with van der Waals surface area (Å²) in [7, 11) is 0. The largest absolute Gasteiger partial charge is 0.290 e. The minimum absolute atomic E-state index is 0.233. The van der Waals surface area contributed by atoms with Crippen molar-refractivity contribution in [2.75, 3.05) is 0 Å². The van der Waals surface area contributed by atoms with Gasteiger partial charge in [-0.05, 0) is 6.92 Å². The van der Waals surface area contributed by atoms with Crippen LogP contribution in [0.5, 0.6) is 0 Å². The molecule has 0 saturated carbocycles. The first kappa shape index (κ1) is 10.6. The lowest BCUT2D eigenvalue weighted by atomic mass is 9.99. The Hall–Kier alpha value is -1.44. The van der Waals surface area contributed by atoms with Gasteiger partial charge in [0.1, 0.15) is 0 Å². The van der Waals surface area contributed by atoms with Crippen LogP contribution in [0.15, 0.2) is 24.3 Å². The summed E-state index contributed by atoms with van der Waals surface area (Å²) < 4.78 is 0. The Kier molecular flexibility index (Phi) is 3.18. The van der Waals surface area contributed by atoms with Crippen LogP contribution in [0.1, 0.15) is 29.8 Å². The van der Waals surface area contributed by atoms with Crippen LogP contribution in [0.4, 0.5) is 0 Å². The highest BCUT2D eigenvalue weighted by molar-refractivity contribution is 6.44. The lowest BCUT2D eigenvalue weighted by Crippen LogP contribution is -2.19. The van der Waals surface area contributed by atoms with E-state index in [1.54, 1.807) is 26.0 Å². The van der Waals surface area contributed by atoms with Crippen LogP contribution in [-0.2, 0) is 4.79 Å². The monoisotopic (exact) mass is 190 g/mol. The number of hydrogen-bond donors (Lipinski definition) is 0. The average molecular weight is 190 g/mol. The molecule has 0 radical (unpaired) electrons. The van der Waals surface area contributed by atoms with Crippen molar-refractivity contribution in [2.45, 2.75) is 20.8 Å². The molecule has 0 spiro atoms. The number of rotatable bonds is 3. The van der Waals surface area contributed by atoms with E-state index in [4.69, 9.17) is 0 Å². The van der Waals surface area contributed by atoms with Gasteiger partial charge >= 0.3 is 0 Å². The van der Waals surface area contributed by atoms with Gasteiger partial charge in [0, 0.05) is 11.5 Å². The second-order valence-electron chi connectivity index (χ2n) is 3.71. The summed E-state index contributed by atoms with van der Waals surface area (Å²) in [6, 6.07) is 7.05. The topological polar surface area (TPSA) is 34.1 Å². The maximum Gasteiger partial charge on any atom is 0.228 e. The molecule has 74 valence electrons. The summed E-state index contributed by atoms with van der Waals surface area (Å²) in [5.41, 5.74) is 1.56. The molecule has 1 rings (SSSR count). The van der Waals surface area contributed by atoms with E-state index >= 15 is 0 Å². The first-order valence-electron chi connectivity index (χ1n) is 4.67. The molecule has 2 nitrogen and oxygen atoms in total. The van der Waals surface area contributed by atoms with Crippen molar-refractivity contribution >= 4 is 11.6 Å². The van der Waals surface area contributed by atoms with Gasteiger partial charge in [0.2, 0.25) is 11.6 Å². The fourth-order valence-corrected chi connectivity index (χ4v) is 1.11. The maximum absolute atomic E-state index is 11.5. The molecule has 0 saturated heterocycles. The predicted octanol–water partition coefficient (Wildman–Crippen LogP) is 2.40. The van der Waals surface area contributed by atoms with Gasteiger partial charge in [-0.25, -0.2) is 0 Å². The van der Waals surface area contributed by atoms with Gasteiger partial charge in [-0.15, -0.1) is 0 Å². The van der Waals surface area contributed by atoms with E-state index in [0.29, 0.717) is 5.56 Å². The highest BCUT2D eigenvalue weighted by Gasteiger charge is 2.18. The second kappa shape index (κ2) is 4.18. The van der Waals surface area contributed by atoms with Crippen molar-refractivity contribution in [3.05, 3.63) is 35.4 Å². The first-order valence-corrected chi connectivity index (χ1v) is 4.67. The van der Waals surface area contributed by atoms with Gasteiger partial charge < -0.3 is 0 Å². The van der Waals surface area contributed by atoms with Crippen LogP contribution in [0.25, 0.3) is 0 Å². The zero-order chi connectivity index (χ0) is 10.7. The van der Waals surface area contributed by atoms with E-state index in [1.807, 2.05) is 19.1 Å². The van der Waals surface area contributed by atoms with E-state index in [1.165, 1.54) is 0 Å². The highest BCUT2D eigenvalue weighted by Crippen LogP contribution is 2.07. The van der Waals surface area contributed by atoms with E-state index in [9.17, 15) is 9.59 Å². The Bertz CT molecular complexity index is 347. The lowest BCUT2D eigenvalue weighted by Gasteiger charge is -2.02. The second-order valence-corrected chi connectivity index (χ2v) is 3.71. The van der Waals surface area contributed by atoms with Gasteiger partial charge in [0.15, 0.2) is 0 Å². The molecule has 0 aliphatic carbocycles. The summed E-state index contributed by atoms with van der Waals surface area (Å²) >= 11 is 0. The molecular formula is C12H14O2. The van der Waals surface area contributed by atoms with E-state index in [-0.39, 0.29) is 17.5 Å². The standard InChI is InChI=1S/C12H14O2/c1-8(2)11(13)12(14)10-6-4-9(3)5-7-10/h4-8H,1-3H3. The smallest absolute Gasteiger partial charge is 0.228 e. The summed E-state index contributed by atoms with van der Waals surface area (Å²) in [4.78, 5) is 22.9. The van der Waals surface area contributed by atoms with Crippen LogP contribution >= 0.6 is 0 Å². The molecule has 0 heterocycles. The molecule has 0 aliphatic heterocycles. The molecule has 1 aromatic carbocycles. The van der Waals surface area contributed by atoms with Crippen LogP contribution in [0, 0.1) is 12.8 Å². The highest BCUT2D eigenvalue weighted by atomic mass is 16.2. The molecular weight excluding hydrogens is 176 g/mol. The normalized spacial score (nSPS) is 10.3. The molecule has 0 atom stereocenters. The van der Waals surface area contributed by atoms with Crippen LogP contribution in [0.2, 0.25) is 0 Å². The van der Waals surface area contributed by atoms with Gasteiger partial charge in [-0.2, -0.15) is 0 Å². The van der Waals surface area contributed by atoms with Gasteiger partial charge in [0.05, 0.1) is 0 Å². The van der Waals surface area contributed by atoms with E-state index < -0.39 is 0 Å². The van der Waals surface area contributed by atoms with E-state index in [2.05, 4.69) is 0 Å². The Morgan fingerprint density at radius 2 is 1.57 bits per heavy atom. The number of ketones is 2. The van der Waals surface area contributed by atoms with Crippen molar-refractivity contribution in [3.8, 4) is 0 Å². The first-order chi connectivity index (χ1) is 6.52. The van der Waals surface area contributed by atoms with Crippen LogP contribution < -0.4 is 0 Å². The Balaban J connectivity index is 2.90. The minimum atomic E-state index is -0.389. The molecule has 0 unspecified atom stereocenters. The van der Waals surface area contributed by atoms with Gasteiger partial charge in [0.25, 0.3) is 0 Å². The molecule has 0 bridgehead atoms. The fraction of sp³-hybridized carbons (Fsp3) is 0.333. The molecule has 14 heavy (non-hydrogen) atoms. The van der Waals surface area contributed by atoms with Crippen LogP contribution in [0.3, 0.4) is 0 Å². The van der Waals surface area contributed by atoms with Gasteiger partial charge in [-0.3, -0.25) is 9.59 Å². The molecule has 0 aromatic heterocycles. The molecule has 0 fully saturated rings. The summed E-state index contributed by atoms with van der Waals surface area (Å²) in [5, 5.41) is 0. The maximum atomic E-state index is 11.5. The van der Waals surface area contributed by atoms with Crippen molar-refractivity contribution in [2.24, 2.45) is 5.92 Å². The van der Waals surface area contributed by atoms with Crippen molar-refractivity contribution in [1.82, 2.24) is 0 Å². The zero-order valence-electron chi connectivity index (χ0n) is 8.70. The van der Waals surface area contributed by atoms with Crippen molar-refractivity contribution < 1.29 is 9.59 Å². The quantitative estimate of drug-likeness (QED) is 0.541. The average Bonchev–Trinajstić information content (AvgIpc) is 2.16. The van der Waals surface area contributed by atoms with Crippen LogP contribution in [-0.4, -0.2) is 11.6 Å². The Morgan fingerprint density at radius 1 is 1.07 bits per heavy atom. The molecule has 1 aromatic rings. The number of Topliss-reactive ketones (excluding diaryl/α,β-unsaturated/α-hetero) is 2. The number of hydrogen-bond acceptors (Lipinski definition) is 2. The lowest BCUT2D eigenvalue weighted by molar-refractivity contribution is -0.117. The number of carbonyl (C=O) groups excluding carboxylic acids is 2. The summed E-state index contributed by atoms with van der Waals surface area (Å²) in [5.74, 6) is -0.947. The third kappa shape index (κ3) is 2.28. The summed E-state index contributed by atoms with van der Waals surface area (Å²) in [6.45, 7) is 5.40. The Labute approximate surface area is 83.9 Å². The number of carbonyl (C=O) groups is 2. The minimum Gasteiger partial charge on any atom is -0.290 e. The number of benzene rings is 1. The SMILES string of the molecule is Cc1ccc(C(=O)C(=O)C(C)C)cc1. The third-order valence-corrected chi connectivity index (χ3v) is 2.06. The fourth-order valence-electron chi connectivity index (χ4n) is 1.11. The van der Waals surface area contributed by atoms with E-state index in [0.717, 1.165) is 5.56 Å². The Morgan fingerprint density at radius 3 is 2.00 bits per heavy atom. The van der Waals surface area contributed by atoms with Crippen molar-refractivity contribution in [1.29, 1.82) is 0 Å². The molecule has 0 N–H and O–H groups in total. The molecule has 2 heteroatoms. The van der Waals surface area contributed by atoms with Crippen molar-refractivity contribution in [3.63, 3.8) is 0 Å². The molecule has 0 amide bonds.